The smallest absolute Gasteiger partial charge is 0.269 e. The summed E-state index contributed by atoms with van der Waals surface area (Å²) in [5.41, 5.74) is 6.16. The van der Waals surface area contributed by atoms with Crippen LogP contribution in [0, 0.1) is 5.92 Å². The molecule has 2 rings (SSSR count). The largest absolute Gasteiger partial charge is 0.273 e. The summed E-state index contributed by atoms with van der Waals surface area (Å²) in [6.07, 6.45) is 0.296. The first-order valence-electron chi connectivity index (χ1n) is 7.50. The molecule has 23 heavy (non-hydrogen) atoms. The highest BCUT2D eigenvalue weighted by Crippen LogP contribution is 2.22. The lowest BCUT2D eigenvalue weighted by Crippen LogP contribution is -2.44. The van der Waals surface area contributed by atoms with Crippen LogP contribution in [-0.2, 0) is 20.0 Å². The predicted molar refractivity (Wildman–Crippen MR) is 87.5 cm³/mol. The molecule has 126 valence electrons. The number of sulfone groups is 1. The number of rotatable bonds is 2. The Hall–Kier alpha value is -1.89. The molecule has 7 heteroatoms. The average molecular weight is 338 g/mol. The Morgan fingerprint density at radius 2 is 1.70 bits per heavy atom. The van der Waals surface area contributed by atoms with Gasteiger partial charge in [0.05, 0.1) is 17.4 Å². The third-order valence-corrected chi connectivity index (χ3v) is 5.68. The summed E-state index contributed by atoms with van der Waals surface area (Å²) in [4.78, 5) is 23.9. The minimum absolute atomic E-state index is 0.00279. The van der Waals surface area contributed by atoms with Crippen LogP contribution in [0.4, 0.5) is 0 Å². The molecule has 0 unspecified atom stereocenters. The Morgan fingerprint density at radius 3 is 2.17 bits per heavy atom. The number of benzene rings is 1. The molecule has 1 fully saturated rings. The minimum Gasteiger partial charge on any atom is -0.273 e. The van der Waals surface area contributed by atoms with E-state index in [9.17, 15) is 18.0 Å². The van der Waals surface area contributed by atoms with E-state index < -0.39 is 27.6 Å². The van der Waals surface area contributed by atoms with Gasteiger partial charge in [0.25, 0.3) is 5.91 Å². The lowest BCUT2D eigenvalue weighted by atomic mass is 9.87. The molecule has 1 heterocycles. The number of nitrogens with one attached hydrogen (secondary N) is 2. The van der Waals surface area contributed by atoms with Gasteiger partial charge >= 0.3 is 0 Å². The van der Waals surface area contributed by atoms with Gasteiger partial charge in [-0.05, 0) is 29.5 Å². The van der Waals surface area contributed by atoms with Gasteiger partial charge in [-0.1, -0.05) is 32.9 Å². The number of hydrazine groups is 1. The van der Waals surface area contributed by atoms with Gasteiger partial charge in [0.15, 0.2) is 9.84 Å². The number of carbonyl (C=O) groups is 2. The van der Waals surface area contributed by atoms with Gasteiger partial charge in [0.1, 0.15) is 0 Å². The van der Waals surface area contributed by atoms with Crippen LogP contribution < -0.4 is 10.9 Å². The van der Waals surface area contributed by atoms with E-state index >= 15 is 0 Å². The Labute approximate surface area is 136 Å². The topological polar surface area (TPSA) is 92.3 Å². The maximum atomic E-state index is 12.0. The third-order valence-electron chi connectivity index (χ3n) is 3.92. The van der Waals surface area contributed by atoms with Crippen LogP contribution in [-0.4, -0.2) is 31.7 Å². The monoisotopic (exact) mass is 338 g/mol. The highest BCUT2D eigenvalue weighted by atomic mass is 32.2. The summed E-state index contributed by atoms with van der Waals surface area (Å²) in [5.74, 6) is -1.63. The molecule has 6 nitrogen and oxygen atoms in total. The van der Waals surface area contributed by atoms with Crippen molar-refractivity contribution in [3.05, 3.63) is 35.4 Å². The minimum atomic E-state index is -3.12. The zero-order valence-electron chi connectivity index (χ0n) is 13.5. The Bertz CT molecular complexity index is 703. The fourth-order valence-electron chi connectivity index (χ4n) is 2.42. The molecule has 0 aromatic heterocycles. The van der Waals surface area contributed by atoms with E-state index in [4.69, 9.17) is 0 Å². The van der Waals surface area contributed by atoms with Crippen molar-refractivity contribution >= 4 is 21.7 Å². The molecule has 1 aromatic carbocycles. The number of hydrogen-bond acceptors (Lipinski definition) is 4. The van der Waals surface area contributed by atoms with Gasteiger partial charge in [-0.15, -0.1) is 0 Å². The molecule has 1 atom stereocenters. The van der Waals surface area contributed by atoms with Crippen molar-refractivity contribution in [3.8, 4) is 0 Å². The van der Waals surface area contributed by atoms with Crippen LogP contribution in [0.2, 0.25) is 0 Å². The van der Waals surface area contributed by atoms with E-state index in [-0.39, 0.29) is 16.9 Å². The van der Waals surface area contributed by atoms with Crippen molar-refractivity contribution < 1.29 is 18.0 Å². The average Bonchev–Trinajstić information content (AvgIpc) is 2.84. The van der Waals surface area contributed by atoms with Crippen LogP contribution in [0.15, 0.2) is 24.3 Å². The first kappa shape index (κ1) is 17.5. The Morgan fingerprint density at radius 1 is 1.09 bits per heavy atom. The van der Waals surface area contributed by atoms with Crippen LogP contribution in [0.1, 0.15) is 43.1 Å². The highest BCUT2D eigenvalue weighted by Gasteiger charge is 2.33. The molecule has 2 N–H and O–H groups in total. The van der Waals surface area contributed by atoms with E-state index in [1.54, 1.807) is 12.1 Å². The summed E-state index contributed by atoms with van der Waals surface area (Å²) >= 11 is 0. The molecule has 1 aliphatic rings. The lowest BCUT2D eigenvalue weighted by Gasteiger charge is -2.19. The van der Waals surface area contributed by atoms with Crippen molar-refractivity contribution in [3.63, 3.8) is 0 Å². The van der Waals surface area contributed by atoms with Gasteiger partial charge < -0.3 is 0 Å². The van der Waals surface area contributed by atoms with Crippen molar-refractivity contribution in [1.82, 2.24) is 10.9 Å². The maximum Gasteiger partial charge on any atom is 0.269 e. The van der Waals surface area contributed by atoms with Crippen molar-refractivity contribution in [1.29, 1.82) is 0 Å². The number of carbonyl (C=O) groups excluding carboxylic acids is 2. The second-order valence-electron chi connectivity index (χ2n) is 6.87. The van der Waals surface area contributed by atoms with Crippen LogP contribution >= 0.6 is 0 Å². The van der Waals surface area contributed by atoms with E-state index in [0.717, 1.165) is 5.56 Å². The van der Waals surface area contributed by atoms with Crippen molar-refractivity contribution in [2.75, 3.05) is 11.5 Å². The summed E-state index contributed by atoms with van der Waals surface area (Å²) < 4.78 is 22.7. The molecule has 0 bridgehead atoms. The zero-order chi connectivity index (χ0) is 17.3. The van der Waals surface area contributed by atoms with E-state index in [0.29, 0.717) is 12.0 Å². The summed E-state index contributed by atoms with van der Waals surface area (Å²) in [5, 5.41) is 0. The molecule has 0 radical (unpaired) electrons. The van der Waals surface area contributed by atoms with Gasteiger partial charge in [0.2, 0.25) is 5.91 Å². The summed E-state index contributed by atoms with van der Waals surface area (Å²) in [6, 6.07) is 7.14. The van der Waals surface area contributed by atoms with Gasteiger partial charge in [-0.25, -0.2) is 8.42 Å². The molecule has 1 aliphatic heterocycles. The molecular formula is C16H22N2O4S. The Balaban J connectivity index is 1.91. The van der Waals surface area contributed by atoms with Crippen LogP contribution in [0.5, 0.6) is 0 Å². The molecule has 0 spiro atoms. The third kappa shape index (κ3) is 4.54. The molecule has 1 saturated heterocycles. The van der Waals surface area contributed by atoms with Gasteiger partial charge in [-0.3, -0.25) is 20.4 Å². The van der Waals surface area contributed by atoms with Crippen LogP contribution in [0.25, 0.3) is 0 Å². The standard InChI is InChI=1S/C16H22N2O4S/c1-16(2,3)13-6-4-11(5-7-13)14(19)17-18-15(20)12-8-9-23(21,22)10-12/h4-7,12H,8-10H2,1-3H3,(H,17,19)(H,18,20)/t12-/m1/s1. The molecule has 0 aliphatic carbocycles. The maximum absolute atomic E-state index is 12.0. The molecule has 2 amide bonds. The van der Waals surface area contributed by atoms with Crippen molar-refractivity contribution in [2.45, 2.75) is 32.6 Å². The second kappa shape index (κ2) is 6.31. The predicted octanol–water partition coefficient (Wildman–Crippen LogP) is 1.18. The van der Waals surface area contributed by atoms with Gasteiger partial charge in [-0.2, -0.15) is 0 Å². The first-order chi connectivity index (χ1) is 10.6. The van der Waals surface area contributed by atoms with Crippen LogP contribution in [0.3, 0.4) is 0 Å². The van der Waals surface area contributed by atoms with E-state index in [1.165, 1.54) is 0 Å². The summed E-state index contributed by atoms with van der Waals surface area (Å²) in [6.45, 7) is 6.24. The number of hydrogen-bond donors (Lipinski definition) is 2. The molecular weight excluding hydrogens is 316 g/mol. The SMILES string of the molecule is CC(C)(C)c1ccc(C(=O)NNC(=O)[C@@H]2CCS(=O)(=O)C2)cc1. The second-order valence-corrected chi connectivity index (χ2v) is 9.10. The molecule has 1 aromatic rings. The van der Waals surface area contributed by atoms with E-state index in [2.05, 4.69) is 31.6 Å². The van der Waals surface area contributed by atoms with Crippen molar-refractivity contribution in [2.24, 2.45) is 5.92 Å². The summed E-state index contributed by atoms with van der Waals surface area (Å²) in [7, 11) is -3.12. The fraction of sp³-hybridized carbons (Fsp3) is 0.500. The lowest BCUT2D eigenvalue weighted by molar-refractivity contribution is -0.125. The highest BCUT2D eigenvalue weighted by molar-refractivity contribution is 7.91. The van der Waals surface area contributed by atoms with E-state index in [1.807, 2.05) is 12.1 Å². The Kier molecular flexibility index (Phi) is 4.79. The fourth-order valence-corrected chi connectivity index (χ4v) is 4.16. The zero-order valence-corrected chi connectivity index (χ0v) is 14.4. The quantitative estimate of drug-likeness (QED) is 0.792. The normalized spacial score (nSPS) is 20.0. The molecule has 0 saturated carbocycles. The first-order valence-corrected chi connectivity index (χ1v) is 9.32. The van der Waals surface area contributed by atoms with Gasteiger partial charge in [0, 0.05) is 5.56 Å². The number of amides is 2.